The molecule has 2 N–H and O–H groups in total. The number of rotatable bonds is 5. The number of hydrazine groups is 1. The van der Waals surface area contributed by atoms with Gasteiger partial charge in [0.2, 0.25) is 0 Å². The monoisotopic (exact) mass is 402 g/mol. The lowest BCUT2D eigenvalue weighted by Gasteiger charge is -2.16. The number of nitrogens with one attached hydrogen (secondary N) is 2. The van der Waals surface area contributed by atoms with Crippen LogP contribution < -0.4 is 10.9 Å². The van der Waals surface area contributed by atoms with Crippen LogP contribution in [-0.4, -0.2) is 15.7 Å². The van der Waals surface area contributed by atoms with E-state index in [1.807, 2.05) is 45.0 Å². The number of hydrogen-bond acceptors (Lipinski definition) is 3. The molecule has 0 bridgehead atoms. The van der Waals surface area contributed by atoms with Gasteiger partial charge in [-0.3, -0.25) is 15.6 Å². The van der Waals surface area contributed by atoms with E-state index in [1.54, 1.807) is 4.68 Å². The van der Waals surface area contributed by atoms with Gasteiger partial charge < -0.3 is 0 Å². The molecule has 0 aliphatic rings. The Balaban J connectivity index is 1.86. The number of alkyl halides is 3. The molecule has 0 atom stereocenters. The summed E-state index contributed by atoms with van der Waals surface area (Å²) in [6.45, 7) is 5.81. The number of amides is 1. The Morgan fingerprint density at radius 2 is 1.72 bits per heavy atom. The standard InChI is InChI=1S/C21H21F3N4O/c1-13(2)19-16(12-25-28(19)15-10-8-14(3)9-11-15)20(29)27-26-18-7-5-4-6-17(18)21(22,23)24/h4-13,26H,1-3H3,(H,27,29). The van der Waals surface area contributed by atoms with E-state index in [2.05, 4.69) is 16.0 Å². The maximum Gasteiger partial charge on any atom is 0.418 e. The fourth-order valence-electron chi connectivity index (χ4n) is 3.01. The van der Waals surface area contributed by atoms with Crippen LogP contribution in [0.25, 0.3) is 5.69 Å². The number of para-hydroxylation sites is 1. The van der Waals surface area contributed by atoms with Crippen molar-refractivity contribution in [1.29, 1.82) is 0 Å². The highest BCUT2D eigenvalue weighted by Crippen LogP contribution is 2.34. The van der Waals surface area contributed by atoms with Gasteiger partial charge in [-0.25, -0.2) is 4.68 Å². The zero-order chi connectivity index (χ0) is 21.2. The molecule has 1 aromatic heterocycles. The molecule has 2 aromatic carbocycles. The summed E-state index contributed by atoms with van der Waals surface area (Å²) >= 11 is 0. The third kappa shape index (κ3) is 4.42. The molecule has 0 saturated heterocycles. The molecule has 0 fully saturated rings. The first kappa shape index (κ1) is 20.4. The molecule has 0 unspecified atom stereocenters. The Morgan fingerprint density at radius 1 is 1.07 bits per heavy atom. The summed E-state index contributed by atoms with van der Waals surface area (Å²) < 4.78 is 41.0. The fraction of sp³-hybridized carbons (Fsp3) is 0.238. The van der Waals surface area contributed by atoms with Crippen molar-refractivity contribution in [3.8, 4) is 5.69 Å². The maximum absolute atomic E-state index is 13.1. The van der Waals surface area contributed by atoms with Crippen LogP contribution in [0.4, 0.5) is 18.9 Å². The van der Waals surface area contributed by atoms with E-state index in [0.29, 0.717) is 5.69 Å². The van der Waals surface area contributed by atoms with Gasteiger partial charge in [0.25, 0.3) is 5.91 Å². The second kappa shape index (κ2) is 7.98. The first-order valence-electron chi connectivity index (χ1n) is 9.06. The van der Waals surface area contributed by atoms with Gasteiger partial charge in [-0.05, 0) is 37.1 Å². The van der Waals surface area contributed by atoms with Gasteiger partial charge in [-0.2, -0.15) is 18.3 Å². The van der Waals surface area contributed by atoms with E-state index in [1.165, 1.54) is 24.4 Å². The normalized spacial score (nSPS) is 11.6. The van der Waals surface area contributed by atoms with E-state index in [0.717, 1.165) is 17.3 Å². The summed E-state index contributed by atoms with van der Waals surface area (Å²) in [5.74, 6) is -0.606. The number of carbonyl (C=O) groups is 1. The van der Waals surface area contributed by atoms with Crippen LogP contribution in [0, 0.1) is 6.92 Å². The number of aryl methyl sites for hydroxylation is 1. The van der Waals surface area contributed by atoms with Gasteiger partial charge in [-0.1, -0.05) is 43.7 Å². The highest BCUT2D eigenvalue weighted by Gasteiger charge is 2.33. The SMILES string of the molecule is Cc1ccc(-n2ncc(C(=O)NNc3ccccc3C(F)(F)F)c2C(C)C)cc1. The minimum absolute atomic E-state index is 0.0398. The van der Waals surface area contributed by atoms with Crippen molar-refractivity contribution in [2.24, 2.45) is 0 Å². The summed E-state index contributed by atoms with van der Waals surface area (Å²) in [5, 5.41) is 4.32. The van der Waals surface area contributed by atoms with Crippen LogP contribution in [0.5, 0.6) is 0 Å². The molecule has 3 rings (SSSR count). The van der Waals surface area contributed by atoms with E-state index >= 15 is 0 Å². The maximum atomic E-state index is 13.1. The fourth-order valence-corrected chi connectivity index (χ4v) is 3.01. The van der Waals surface area contributed by atoms with Crippen molar-refractivity contribution < 1.29 is 18.0 Å². The zero-order valence-corrected chi connectivity index (χ0v) is 16.2. The van der Waals surface area contributed by atoms with Crippen LogP contribution in [-0.2, 0) is 6.18 Å². The van der Waals surface area contributed by atoms with Crippen molar-refractivity contribution in [3.05, 3.63) is 77.1 Å². The van der Waals surface area contributed by atoms with Gasteiger partial charge in [0.15, 0.2) is 0 Å². The van der Waals surface area contributed by atoms with Gasteiger partial charge in [0.05, 0.1) is 34.4 Å². The molecule has 29 heavy (non-hydrogen) atoms. The van der Waals surface area contributed by atoms with Crippen molar-refractivity contribution in [2.75, 3.05) is 5.43 Å². The first-order valence-corrected chi connectivity index (χ1v) is 9.06. The number of halogens is 3. The van der Waals surface area contributed by atoms with Crippen LogP contribution in [0.15, 0.2) is 54.7 Å². The Morgan fingerprint density at radius 3 is 2.34 bits per heavy atom. The highest BCUT2D eigenvalue weighted by molar-refractivity contribution is 5.96. The minimum atomic E-state index is -4.53. The molecule has 0 spiro atoms. The Kier molecular flexibility index (Phi) is 5.63. The van der Waals surface area contributed by atoms with Crippen molar-refractivity contribution in [3.63, 3.8) is 0 Å². The Hall–Kier alpha value is -3.29. The molecule has 0 radical (unpaired) electrons. The lowest BCUT2D eigenvalue weighted by molar-refractivity contribution is -0.137. The van der Waals surface area contributed by atoms with E-state index in [4.69, 9.17) is 0 Å². The molecule has 1 heterocycles. The molecule has 5 nitrogen and oxygen atoms in total. The summed E-state index contributed by atoms with van der Waals surface area (Å²) in [7, 11) is 0. The van der Waals surface area contributed by atoms with Crippen LogP contribution in [0.2, 0.25) is 0 Å². The lowest BCUT2D eigenvalue weighted by atomic mass is 10.1. The largest absolute Gasteiger partial charge is 0.418 e. The Bertz CT molecular complexity index is 1010. The van der Waals surface area contributed by atoms with E-state index in [-0.39, 0.29) is 17.2 Å². The molecule has 0 aliphatic carbocycles. The second-order valence-corrected chi connectivity index (χ2v) is 6.97. The highest BCUT2D eigenvalue weighted by atomic mass is 19.4. The number of nitrogens with zero attached hydrogens (tertiary/aromatic N) is 2. The van der Waals surface area contributed by atoms with Crippen LogP contribution in [0.1, 0.15) is 46.9 Å². The van der Waals surface area contributed by atoms with Gasteiger partial charge in [-0.15, -0.1) is 0 Å². The quantitative estimate of drug-likeness (QED) is 0.585. The van der Waals surface area contributed by atoms with Crippen molar-refractivity contribution in [2.45, 2.75) is 32.9 Å². The number of benzene rings is 2. The molecular weight excluding hydrogens is 381 g/mol. The van der Waals surface area contributed by atoms with Crippen molar-refractivity contribution in [1.82, 2.24) is 15.2 Å². The molecule has 152 valence electrons. The molecule has 1 amide bonds. The predicted octanol–water partition coefficient (Wildman–Crippen LogP) is 5.08. The first-order chi connectivity index (χ1) is 13.7. The van der Waals surface area contributed by atoms with Crippen LogP contribution >= 0.6 is 0 Å². The molecule has 0 saturated carbocycles. The predicted molar refractivity (Wildman–Crippen MR) is 105 cm³/mol. The zero-order valence-electron chi connectivity index (χ0n) is 16.2. The van der Waals surface area contributed by atoms with Gasteiger partial charge in [0.1, 0.15) is 0 Å². The number of anilines is 1. The number of carbonyl (C=O) groups excluding carboxylic acids is 1. The average molecular weight is 402 g/mol. The molecule has 0 aliphatic heterocycles. The number of aromatic nitrogens is 2. The molecule has 8 heteroatoms. The smallest absolute Gasteiger partial charge is 0.298 e. The summed E-state index contributed by atoms with van der Waals surface area (Å²) in [6.07, 6.45) is -3.12. The van der Waals surface area contributed by atoms with Crippen molar-refractivity contribution >= 4 is 11.6 Å². The summed E-state index contributed by atoms with van der Waals surface area (Å²) in [4.78, 5) is 12.7. The Labute approximate surface area is 166 Å². The van der Waals surface area contributed by atoms with Gasteiger partial charge in [0, 0.05) is 0 Å². The number of hydrogen-bond donors (Lipinski definition) is 2. The molecule has 3 aromatic rings. The second-order valence-electron chi connectivity index (χ2n) is 6.97. The molecular formula is C21H21F3N4O. The summed E-state index contributed by atoms with van der Waals surface area (Å²) in [6, 6.07) is 12.6. The third-order valence-electron chi connectivity index (χ3n) is 4.42. The topological polar surface area (TPSA) is 59.0 Å². The van der Waals surface area contributed by atoms with E-state index in [9.17, 15) is 18.0 Å². The van der Waals surface area contributed by atoms with Gasteiger partial charge >= 0.3 is 6.18 Å². The third-order valence-corrected chi connectivity index (χ3v) is 4.42. The van der Waals surface area contributed by atoms with Crippen LogP contribution in [0.3, 0.4) is 0 Å². The summed E-state index contributed by atoms with van der Waals surface area (Å²) in [5.41, 5.74) is 6.49. The minimum Gasteiger partial charge on any atom is -0.298 e. The lowest BCUT2D eigenvalue weighted by Crippen LogP contribution is -2.31. The average Bonchev–Trinajstić information content (AvgIpc) is 3.11. The van der Waals surface area contributed by atoms with E-state index < -0.39 is 17.6 Å².